The maximum atomic E-state index is 10.7. The minimum Gasteiger partial charge on any atom is -1.00 e. The molecule has 0 fully saturated rings. The second-order valence-electron chi connectivity index (χ2n) is 2.38. The van der Waals surface area contributed by atoms with Gasteiger partial charge in [0.05, 0.1) is 6.07 Å². The number of nitrogens with zero attached hydrogens (tertiary/aromatic N) is 1. The first-order valence-electron chi connectivity index (χ1n) is 3.49. The molecule has 0 spiro atoms. The Morgan fingerprint density at radius 1 is 1.46 bits per heavy atom. The fraction of sp³-hybridized carbons (Fsp3) is 0.111. The van der Waals surface area contributed by atoms with Crippen LogP contribution in [0.2, 0.25) is 0 Å². The standard InChI is InChI=1S/C9H8N2O.Na.H/c10-6-8(9(11)12)7-4-2-1-3-5-7;;/h1-5,8H,(H2,11,12);;/q;+1;-1. The van der Waals surface area contributed by atoms with E-state index in [4.69, 9.17) is 11.0 Å². The molecule has 0 aromatic heterocycles. The van der Waals surface area contributed by atoms with Gasteiger partial charge in [0.25, 0.3) is 0 Å². The molecule has 1 aromatic carbocycles. The first kappa shape index (κ1) is 12.2. The van der Waals surface area contributed by atoms with Crippen LogP contribution in [-0.2, 0) is 4.79 Å². The number of rotatable bonds is 2. The molecule has 1 aromatic rings. The summed E-state index contributed by atoms with van der Waals surface area (Å²) in [5, 5.41) is 8.60. The summed E-state index contributed by atoms with van der Waals surface area (Å²) in [6, 6.07) is 10.6. The van der Waals surface area contributed by atoms with Crippen molar-refractivity contribution >= 4 is 5.91 Å². The Balaban J connectivity index is 0. The Hall–Kier alpha value is -0.820. The van der Waals surface area contributed by atoms with Crippen molar-refractivity contribution in [1.29, 1.82) is 5.26 Å². The fourth-order valence-corrected chi connectivity index (χ4v) is 0.948. The SMILES string of the molecule is N#CC(C(N)=O)c1ccccc1.[H-].[Na+]. The number of primary amides is 1. The average molecular weight is 184 g/mol. The van der Waals surface area contributed by atoms with E-state index in [2.05, 4.69) is 0 Å². The first-order valence-corrected chi connectivity index (χ1v) is 3.49. The van der Waals surface area contributed by atoms with Gasteiger partial charge in [-0.3, -0.25) is 4.79 Å². The molecule has 62 valence electrons. The van der Waals surface area contributed by atoms with E-state index >= 15 is 0 Å². The summed E-state index contributed by atoms with van der Waals surface area (Å²) in [4.78, 5) is 10.7. The van der Waals surface area contributed by atoms with Gasteiger partial charge in [-0.2, -0.15) is 5.26 Å². The second-order valence-corrected chi connectivity index (χ2v) is 2.38. The number of nitriles is 1. The third kappa shape index (κ3) is 3.19. The summed E-state index contributed by atoms with van der Waals surface area (Å²) in [6.45, 7) is 0. The molecular formula is C9H9N2NaO. The Kier molecular flexibility index (Phi) is 5.40. The molecule has 0 saturated heterocycles. The van der Waals surface area contributed by atoms with Crippen molar-refractivity contribution in [3.05, 3.63) is 35.9 Å². The van der Waals surface area contributed by atoms with Crippen LogP contribution >= 0.6 is 0 Å². The van der Waals surface area contributed by atoms with Crippen LogP contribution in [0, 0.1) is 11.3 Å². The maximum absolute atomic E-state index is 10.7. The molecule has 0 aliphatic heterocycles. The second kappa shape index (κ2) is 5.76. The van der Waals surface area contributed by atoms with Gasteiger partial charge in [0, 0.05) is 0 Å². The zero-order valence-corrected chi connectivity index (χ0v) is 9.40. The summed E-state index contributed by atoms with van der Waals surface area (Å²) < 4.78 is 0. The zero-order chi connectivity index (χ0) is 8.97. The summed E-state index contributed by atoms with van der Waals surface area (Å²) >= 11 is 0. The summed E-state index contributed by atoms with van der Waals surface area (Å²) in [5.74, 6) is -1.44. The largest absolute Gasteiger partial charge is 1.00 e. The molecule has 1 unspecified atom stereocenters. The number of benzene rings is 1. The van der Waals surface area contributed by atoms with Gasteiger partial charge < -0.3 is 7.16 Å². The third-order valence-electron chi connectivity index (χ3n) is 1.55. The Morgan fingerprint density at radius 2 is 2.00 bits per heavy atom. The van der Waals surface area contributed by atoms with Crippen molar-refractivity contribution < 1.29 is 35.8 Å². The van der Waals surface area contributed by atoms with Gasteiger partial charge in [-0.05, 0) is 5.56 Å². The van der Waals surface area contributed by atoms with Gasteiger partial charge >= 0.3 is 29.6 Å². The van der Waals surface area contributed by atoms with Crippen molar-refractivity contribution in [2.24, 2.45) is 5.73 Å². The van der Waals surface area contributed by atoms with E-state index in [1.54, 1.807) is 24.3 Å². The van der Waals surface area contributed by atoms with Crippen LogP contribution in [0.15, 0.2) is 30.3 Å². The van der Waals surface area contributed by atoms with E-state index in [1.165, 1.54) is 0 Å². The van der Waals surface area contributed by atoms with Gasteiger partial charge in [0.15, 0.2) is 0 Å². The molecular weight excluding hydrogens is 175 g/mol. The van der Waals surface area contributed by atoms with E-state index in [1.807, 2.05) is 12.1 Å². The first-order chi connectivity index (χ1) is 5.75. The summed E-state index contributed by atoms with van der Waals surface area (Å²) in [6.07, 6.45) is 0. The normalized spacial score (nSPS) is 10.7. The molecule has 0 aliphatic carbocycles. The number of amides is 1. The van der Waals surface area contributed by atoms with Gasteiger partial charge in [-0.1, -0.05) is 30.3 Å². The summed E-state index contributed by atoms with van der Waals surface area (Å²) in [7, 11) is 0. The molecule has 0 aliphatic rings. The molecule has 0 saturated carbocycles. The maximum Gasteiger partial charge on any atom is 1.00 e. The average Bonchev–Trinajstić information content (AvgIpc) is 2.07. The Bertz CT molecular complexity index is 323. The van der Waals surface area contributed by atoms with Crippen molar-refractivity contribution in [2.75, 3.05) is 0 Å². The molecule has 0 radical (unpaired) electrons. The van der Waals surface area contributed by atoms with E-state index < -0.39 is 11.8 Å². The summed E-state index contributed by atoms with van der Waals surface area (Å²) in [5.41, 5.74) is 5.66. The van der Waals surface area contributed by atoms with Crippen LogP contribution < -0.4 is 35.3 Å². The van der Waals surface area contributed by atoms with E-state index in [9.17, 15) is 4.79 Å². The smallest absolute Gasteiger partial charge is 1.00 e. The molecule has 1 atom stereocenters. The fourth-order valence-electron chi connectivity index (χ4n) is 0.948. The number of hydrogen-bond acceptors (Lipinski definition) is 2. The van der Waals surface area contributed by atoms with Crippen LogP contribution in [0.1, 0.15) is 12.9 Å². The monoisotopic (exact) mass is 184 g/mol. The predicted octanol–water partition coefficient (Wildman–Crippen LogP) is -2.10. The molecule has 1 amide bonds. The van der Waals surface area contributed by atoms with Crippen LogP contribution in [0.5, 0.6) is 0 Å². The minimum absolute atomic E-state index is 0. The third-order valence-corrected chi connectivity index (χ3v) is 1.55. The zero-order valence-electron chi connectivity index (χ0n) is 8.40. The quantitative estimate of drug-likeness (QED) is 0.535. The topological polar surface area (TPSA) is 66.9 Å². The minimum atomic E-state index is -0.828. The molecule has 2 N–H and O–H groups in total. The van der Waals surface area contributed by atoms with Crippen molar-refractivity contribution in [3.8, 4) is 6.07 Å². The van der Waals surface area contributed by atoms with Gasteiger partial charge in [-0.25, -0.2) is 0 Å². The molecule has 13 heavy (non-hydrogen) atoms. The molecule has 0 bridgehead atoms. The number of carbonyl (C=O) groups is 1. The predicted molar refractivity (Wildman–Crippen MR) is 45.1 cm³/mol. The van der Waals surface area contributed by atoms with Gasteiger partial charge in [0.1, 0.15) is 5.92 Å². The van der Waals surface area contributed by atoms with Crippen LogP contribution in [0.3, 0.4) is 0 Å². The van der Waals surface area contributed by atoms with E-state index in [-0.39, 0.29) is 31.0 Å². The van der Waals surface area contributed by atoms with Gasteiger partial charge in [-0.15, -0.1) is 0 Å². The number of nitrogens with two attached hydrogens (primary N) is 1. The molecule has 4 heteroatoms. The molecule has 1 rings (SSSR count). The Labute approximate surface area is 100 Å². The van der Waals surface area contributed by atoms with Crippen LogP contribution in [-0.4, -0.2) is 5.91 Å². The van der Waals surface area contributed by atoms with Gasteiger partial charge in [0.2, 0.25) is 5.91 Å². The molecule has 3 nitrogen and oxygen atoms in total. The van der Waals surface area contributed by atoms with Crippen LogP contribution in [0.25, 0.3) is 0 Å². The van der Waals surface area contributed by atoms with Crippen molar-refractivity contribution in [3.63, 3.8) is 0 Å². The Morgan fingerprint density at radius 3 is 2.38 bits per heavy atom. The molecule has 0 heterocycles. The number of hydrogen-bond donors (Lipinski definition) is 1. The van der Waals surface area contributed by atoms with Crippen molar-refractivity contribution in [2.45, 2.75) is 5.92 Å². The van der Waals surface area contributed by atoms with Crippen LogP contribution in [0.4, 0.5) is 0 Å². The van der Waals surface area contributed by atoms with E-state index in [0.717, 1.165) is 0 Å². The van der Waals surface area contributed by atoms with E-state index in [0.29, 0.717) is 5.56 Å². The number of carbonyl (C=O) groups excluding carboxylic acids is 1. The van der Waals surface area contributed by atoms with Crippen molar-refractivity contribution in [1.82, 2.24) is 0 Å².